The maximum Gasteiger partial charge on any atom is 0.337 e. The Balaban J connectivity index is 1.63. The monoisotopic (exact) mass is 496 g/mol. The number of rotatable bonds is 5. The quantitative estimate of drug-likeness (QED) is 0.280. The molecule has 1 aliphatic rings. The smallest absolute Gasteiger partial charge is 0.337 e. The zero-order valence-electron chi connectivity index (χ0n) is 20.7. The molecule has 0 saturated carbocycles. The molecule has 36 heavy (non-hydrogen) atoms. The highest BCUT2D eigenvalue weighted by molar-refractivity contribution is 7.80. The predicted octanol–water partition coefficient (Wildman–Crippen LogP) is 5.76. The third kappa shape index (κ3) is 4.16. The number of thiocarbonyl (C=S) groups is 1. The summed E-state index contributed by atoms with van der Waals surface area (Å²) in [7, 11) is 1.39. The molecule has 1 aliphatic heterocycles. The number of nitrogens with zero attached hydrogens (tertiary/aromatic N) is 3. The number of anilines is 1. The molecule has 7 heteroatoms. The van der Waals surface area contributed by atoms with Crippen LogP contribution in [0.25, 0.3) is 5.69 Å². The summed E-state index contributed by atoms with van der Waals surface area (Å²) in [5, 5.41) is 4.21. The Morgan fingerprint density at radius 3 is 2.31 bits per heavy atom. The minimum atomic E-state index is -0.347. The molecule has 4 aromatic rings. The van der Waals surface area contributed by atoms with Crippen LogP contribution in [-0.2, 0) is 4.74 Å². The fourth-order valence-electron chi connectivity index (χ4n) is 5.00. The van der Waals surface area contributed by atoms with Gasteiger partial charge in [-0.1, -0.05) is 23.8 Å². The Morgan fingerprint density at radius 2 is 1.67 bits per heavy atom. The molecule has 0 spiro atoms. The molecular weight excluding hydrogens is 468 g/mol. The third-order valence-electron chi connectivity index (χ3n) is 6.75. The van der Waals surface area contributed by atoms with E-state index in [4.69, 9.17) is 17.0 Å². The number of hydrogen-bond donors (Lipinski definition) is 1. The second kappa shape index (κ2) is 9.59. The first kappa shape index (κ1) is 23.8. The number of benzene rings is 2. The van der Waals surface area contributed by atoms with Crippen LogP contribution in [0, 0.1) is 20.8 Å². The highest BCUT2D eigenvalue weighted by Crippen LogP contribution is 2.43. The van der Waals surface area contributed by atoms with Crippen molar-refractivity contribution in [3.05, 3.63) is 113 Å². The molecule has 1 N–H and O–H groups in total. The molecule has 1 fully saturated rings. The number of carbonyl (C=O) groups excluding carboxylic acids is 1. The van der Waals surface area contributed by atoms with Crippen LogP contribution >= 0.6 is 12.2 Å². The molecule has 2 atom stereocenters. The van der Waals surface area contributed by atoms with Crippen molar-refractivity contribution in [1.82, 2.24) is 14.9 Å². The second-order valence-electron chi connectivity index (χ2n) is 9.03. The number of carbonyl (C=O) groups is 1. The van der Waals surface area contributed by atoms with Gasteiger partial charge in [-0.15, -0.1) is 0 Å². The largest absolute Gasteiger partial charge is 0.465 e. The summed E-state index contributed by atoms with van der Waals surface area (Å²) in [5.41, 5.74) is 8.03. The molecular formula is C29H28N4O2S. The van der Waals surface area contributed by atoms with Crippen molar-refractivity contribution >= 4 is 29.0 Å². The van der Waals surface area contributed by atoms with Gasteiger partial charge < -0.3 is 19.5 Å². The number of hydrogen-bond acceptors (Lipinski definition) is 4. The van der Waals surface area contributed by atoms with E-state index in [1.807, 2.05) is 36.5 Å². The van der Waals surface area contributed by atoms with E-state index in [-0.39, 0.29) is 18.1 Å². The van der Waals surface area contributed by atoms with E-state index in [1.165, 1.54) is 12.7 Å². The number of esters is 1. The van der Waals surface area contributed by atoms with E-state index < -0.39 is 0 Å². The van der Waals surface area contributed by atoms with Gasteiger partial charge in [0.25, 0.3) is 0 Å². The van der Waals surface area contributed by atoms with Gasteiger partial charge >= 0.3 is 5.97 Å². The minimum absolute atomic E-state index is 0.0931. The number of nitrogens with one attached hydrogen (secondary N) is 1. The van der Waals surface area contributed by atoms with Crippen LogP contribution in [0.1, 0.15) is 50.7 Å². The van der Waals surface area contributed by atoms with Crippen molar-refractivity contribution in [1.29, 1.82) is 0 Å². The number of aryl methyl sites for hydroxylation is 2. The second-order valence-corrected chi connectivity index (χ2v) is 9.42. The molecule has 3 heterocycles. The van der Waals surface area contributed by atoms with Crippen LogP contribution in [-0.4, -0.2) is 27.7 Å². The van der Waals surface area contributed by atoms with Crippen LogP contribution in [0.15, 0.2) is 79.0 Å². The summed E-state index contributed by atoms with van der Waals surface area (Å²) in [4.78, 5) is 18.8. The Bertz CT molecular complexity index is 1410. The van der Waals surface area contributed by atoms with E-state index in [9.17, 15) is 4.79 Å². The molecule has 0 amide bonds. The van der Waals surface area contributed by atoms with Crippen molar-refractivity contribution in [2.75, 3.05) is 12.0 Å². The molecule has 2 aromatic heterocycles. The number of ether oxygens (including phenoxy) is 1. The van der Waals surface area contributed by atoms with Crippen molar-refractivity contribution in [3.63, 3.8) is 0 Å². The van der Waals surface area contributed by atoms with Gasteiger partial charge in [0, 0.05) is 29.0 Å². The minimum Gasteiger partial charge on any atom is -0.465 e. The summed E-state index contributed by atoms with van der Waals surface area (Å²) in [6, 6.07) is 23.9. The molecule has 6 nitrogen and oxygen atoms in total. The molecule has 0 unspecified atom stereocenters. The van der Waals surface area contributed by atoms with Crippen molar-refractivity contribution in [2.45, 2.75) is 32.9 Å². The third-order valence-corrected chi connectivity index (χ3v) is 7.06. The molecule has 5 rings (SSSR count). The maximum atomic E-state index is 11.9. The van der Waals surface area contributed by atoms with E-state index >= 15 is 0 Å². The number of pyridine rings is 1. The lowest BCUT2D eigenvalue weighted by Gasteiger charge is -2.28. The summed E-state index contributed by atoms with van der Waals surface area (Å²) in [5.74, 6) is -0.347. The highest BCUT2D eigenvalue weighted by Gasteiger charge is 2.42. The molecule has 1 saturated heterocycles. The van der Waals surface area contributed by atoms with Crippen LogP contribution in [0.4, 0.5) is 5.69 Å². The first-order chi connectivity index (χ1) is 17.4. The molecule has 0 bridgehead atoms. The SMILES string of the molecule is COC(=O)c1ccc(-n2c(C)cc([C@H]3[C@@H](c4ccccn4)NC(=S)N3c3ccc(C)cc3)c2C)cc1. The summed E-state index contributed by atoms with van der Waals surface area (Å²) in [6.07, 6.45) is 1.82. The zero-order valence-corrected chi connectivity index (χ0v) is 21.5. The van der Waals surface area contributed by atoms with Gasteiger partial charge in [0.15, 0.2) is 5.11 Å². The number of methoxy groups -OCH3 is 1. The first-order valence-electron chi connectivity index (χ1n) is 11.8. The summed E-state index contributed by atoms with van der Waals surface area (Å²) < 4.78 is 7.06. The summed E-state index contributed by atoms with van der Waals surface area (Å²) >= 11 is 5.87. The van der Waals surface area contributed by atoms with E-state index in [1.54, 1.807) is 12.1 Å². The Labute approximate surface area is 216 Å². The van der Waals surface area contributed by atoms with E-state index in [0.29, 0.717) is 10.7 Å². The standard InChI is InChI=1S/C29H28N4O2S/c1-18-8-12-23(13-9-18)33-27(26(31-29(33)36)25-7-5-6-16-30-25)24-17-19(2)32(20(24)3)22-14-10-21(11-15-22)28(34)35-4/h5-17,26-27H,1-4H3,(H,31,36)/t26-,27+/m1/s1. The van der Waals surface area contributed by atoms with Crippen molar-refractivity contribution in [2.24, 2.45) is 0 Å². The van der Waals surface area contributed by atoms with Crippen LogP contribution in [0.3, 0.4) is 0 Å². The normalized spacial score (nSPS) is 17.2. The fourth-order valence-corrected chi connectivity index (χ4v) is 5.35. The van der Waals surface area contributed by atoms with Gasteiger partial charge in [0.2, 0.25) is 0 Å². The predicted molar refractivity (Wildman–Crippen MR) is 146 cm³/mol. The van der Waals surface area contributed by atoms with Crippen LogP contribution < -0.4 is 10.2 Å². The van der Waals surface area contributed by atoms with Gasteiger partial charge in [-0.25, -0.2) is 4.79 Å². The fraction of sp³-hybridized carbons (Fsp3) is 0.207. The Morgan fingerprint density at radius 1 is 0.972 bits per heavy atom. The van der Waals surface area contributed by atoms with Crippen LogP contribution in [0.5, 0.6) is 0 Å². The van der Waals surface area contributed by atoms with Gasteiger partial charge in [-0.3, -0.25) is 4.98 Å². The Hall–Kier alpha value is -3.97. The number of aromatic nitrogens is 2. The topological polar surface area (TPSA) is 59.4 Å². The molecule has 182 valence electrons. The van der Waals surface area contributed by atoms with Gasteiger partial charge in [-0.2, -0.15) is 0 Å². The Kier molecular flexibility index (Phi) is 6.33. The maximum absolute atomic E-state index is 11.9. The van der Waals surface area contributed by atoms with Gasteiger partial charge in [0.05, 0.1) is 30.5 Å². The lowest BCUT2D eigenvalue weighted by molar-refractivity contribution is 0.0600. The van der Waals surface area contributed by atoms with Crippen molar-refractivity contribution in [3.8, 4) is 5.69 Å². The molecule has 2 aromatic carbocycles. The lowest BCUT2D eigenvalue weighted by atomic mass is 9.96. The van der Waals surface area contributed by atoms with Gasteiger partial charge in [0.1, 0.15) is 0 Å². The lowest BCUT2D eigenvalue weighted by Crippen LogP contribution is -2.29. The first-order valence-corrected chi connectivity index (χ1v) is 12.2. The molecule has 0 aliphatic carbocycles. The van der Waals surface area contributed by atoms with Crippen LogP contribution in [0.2, 0.25) is 0 Å². The average molecular weight is 497 g/mol. The van der Waals surface area contributed by atoms with Gasteiger partial charge in [-0.05, 0) is 93.1 Å². The highest BCUT2D eigenvalue weighted by atomic mass is 32.1. The average Bonchev–Trinajstić information content (AvgIpc) is 3.39. The zero-order chi connectivity index (χ0) is 25.4. The van der Waals surface area contributed by atoms with Crippen molar-refractivity contribution < 1.29 is 9.53 Å². The molecule has 0 radical (unpaired) electrons. The summed E-state index contributed by atoms with van der Waals surface area (Å²) in [6.45, 7) is 6.30. The van der Waals surface area contributed by atoms with E-state index in [2.05, 4.69) is 70.9 Å². The van der Waals surface area contributed by atoms with E-state index in [0.717, 1.165) is 34.0 Å².